The number of piperidine rings is 1. The van der Waals surface area contributed by atoms with Gasteiger partial charge in [0.2, 0.25) is 5.95 Å². The minimum Gasteiger partial charge on any atom is -0.481 e. The zero-order valence-electron chi connectivity index (χ0n) is 24.4. The predicted octanol–water partition coefficient (Wildman–Crippen LogP) is 5.48. The molecule has 45 heavy (non-hydrogen) atoms. The summed E-state index contributed by atoms with van der Waals surface area (Å²) in [6.45, 7) is 4.86. The van der Waals surface area contributed by atoms with Crippen molar-refractivity contribution in [1.29, 1.82) is 0 Å². The number of hydrogen-bond acceptors (Lipinski definition) is 8. The monoisotopic (exact) mass is 645 g/mol. The fourth-order valence-corrected chi connectivity index (χ4v) is 6.54. The van der Waals surface area contributed by atoms with E-state index in [1.165, 1.54) is 41.3 Å². The van der Waals surface area contributed by atoms with Crippen molar-refractivity contribution in [2.24, 2.45) is 5.92 Å². The molecule has 238 valence electrons. The van der Waals surface area contributed by atoms with E-state index >= 15 is 0 Å². The van der Waals surface area contributed by atoms with Gasteiger partial charge in [-0.15, -0.1) is 0 Å². The van der Waals surface area contributed by atoms with Crippen LogP contribution in [0.2, 0.25) is 0 Å². The highest BCUT2D eigenvalue weighted by molar-refractivity contribution is 7.90. The average molecular weight is 646 g/mol. The van der Waals surface area contributed by atoms with Crippen LogP contribution in [0.5, 0.6) is 0 Å². The maximum atomic E-state index is 14.3. The van der Waals surface area contributed by atoms with Crippen LogP contribution in [-0.2, 0) is 25.7 Å². The van der Waals surface area contributed by atoms with E-state index in [9.17, 15) is 36.3 Å². The van der Waals surface area contributed by atoms with Crippen LogP contribution < -0.4 is 5.32 Å². The number of para-hydroxylation sites is 1. The van der Waals surface area contributed by atoms with Gasteiger partial charge in [0.05, 0.1) is 22.0 Å². The van der Waals surface area contributed by atoms with Crippen LogP contribution >= 0.6 is 0 Å². The van der Waals surface area contributed by atoms with Crippen LogP contribution in [0.25, 0.3) is 22.2 Å². The van der Waals surface area contributed by atoms with Gasteiger partial charge in [0.25, 0.3) is 10.0 Å². The number of alkyl halides is 3. The molecule has 11 nitrogen and oxygen atoms in total. The van der Waals surface area contributed by atoms with Crippen LogP contribution in [0.4, 0.5) is 23.9 Å². The Hall–Kier alpha value is -4.66. The van der Waals surface area contributed by atoms with Crippen molar-refractivity contribution in [3.8, 4) is 11.3 Å². The van der Waals surface area contributed by atoms with Crippen LogP contribution in [-0.4, -0.2) is 69.2 Å². The van der Waals surface area contributed by atoms with E-state index in [1.54, 1.807) is 39.0 Å². The minimum absolute atomic E-state index is 0.0208. The third-order valence-electron chi connectivity index (χ3n) is 7.11. The fraction of sp³-hybridized carbons (Fsp3) is 0.333. The molecule has 1 saturated heterocycles. The van der Waals surface area contributed by atoms with Crippen LogP contribution in [0.1, 0.15) is 32.8 Å². The molecule has 0 aliphatic carbocycles. The van der Waals surface area contributed by atoms with Gasteiger partial charge in [0.1, 0.15) is 11.2 Å². The van der Waals surface area contributed by atoms with Gasteiger partial charge in [-0.1, -0.05) is 36.4 Å². The maximum absolute atomic E-state index is 14.3. The third kappa shape index (κ3) is 6.72. The smallest absolute Gasteiger partial charge is 0.419 e. The Morgan fingerprint density at radius 1 is 1.02 bits per heavy atom. The first-order valence-electron chi connectivity index (χ1n) is 13.9. The number of carbonyl (C=O) groups excluding carboxylic acids is 1. The number of aromatic nitrogens is 3. The van der Waals surface area contributed by atoms with E-state index < -0.39 is 57.1 Å². The lowest BCUT2D eigenvalue weighted by Crippen LogP contribution is -2.52. The first kappa shape index (κ1) is 31.8. The van der Waals surface area contributed by atoms with E-state index in [4.69, 9.17) is 4.74 Å². The zero-order valence-corrected chi connectivity index (χ0v) is 25.3. The first-order chi connectivity index (χ1) is 21.0. The van der Waals surface area contributed by atoms with Gasteiger partial charge in [-0.25, -0.2) is 27.2 Å². The number of hydrogen-bond donors (Lipinski definition) is 2. The molecule has 1 amide bonds. The van der Waals surface area contributed by atoms with Crippen LogP contribution in [0, 0.1) is 5.92 Å². The number of fused-ring (bicyclic) bond motifs is 1. The molecular weight excluding hydrogens is 615 g/mol. The van der Waals surface area contributed by atoms with Crippen molar-refractivity contribution in [2.75, 3.05) is 18.4 Å². The molecule has 2 atom stereocenters. The summed E-state index contributed by atoms with van der Waals surface area (Å²) >= 11 is 0. The summed E-state index contributed by atoms with van der Waals surface area (Å²) in [5, 5.41) is 12.8. The molecule has 5 rings (SSSR count). The lowest BCUT2D eigenvalue weighted by molar-refractivity contribution is -0.143. The molecule has 1 aliphatic heterocycles. The van der Waals surface area contributed by atoms with Gasteiger partial charge in [0.15, 0.2) is 0 Å². The van der Waals surface area contributed by atoms with Crippen molar-refractivity contribution in [2.45, 2.75) is 49.9 Å². The Kier molecular flexibility index (Phi) is 8.25. The summed E-state index contributed by atoms with van der Waals surface area (Å²) in [6, 6.07) is 12.8. The molecule has 4 aromatic rings. The second kappa shape index (κ2) is 11.7. The molecule has 2 N–H and O–H groups in total. The number of ether oxygens (including phenoxy) is 1. The molecule has 0 bridgehead atoms. The molecule has 2 aromatic carbocycles. The predicted molar refractivity (Wildman–Crippen MR) is 158 cm³/mol. The summed E-state index contributed by atoms with van der Waals surface area (Å²) in [7, 11) is -4.20. The number of carboxylic acid groups (broad SMARTS) is 1. The lowest BCUT2D eigenvalue weighted by atomic mass is 9.94. The number of benzene rings is 2. The number of likely N-dealkylation sites (tertiary alicyclic amines) is 1. The SMILES string of the molecule is CC(C)(C)OC(=O)N1C[C@H](Nc2ncc(C(F)(F)F)c(-c3cn(S(=O)(=O)c4ccccc4)c4ccccc34)n2)C[C@H](C(=O)O)C1. The number of anilines is 1. The highest BCUT2D eigenvalue weighted by atomic mass is 32.2. The minimum atomic E-state index is -4.90. The van der Waals surface area contributed by atoms with Crippen molar-refractivity contribution < 1.29 is 41.0 Å². The van der Waals surface area contributed by atoms with E-state index in [1.807, 2.05) is 0 Å². The Bertz CT molecular complexity index is 1860. The molecule has 1 fully saturated rings. The van der Waals surface area contributed by atoms with Gasteiger partial charge in [0, 0.05) is 42.5 Å². The molecular formula is C30H30F3N5O6S. The number of amides is 1. The Morgan fingerprint density at radius 2 is 1.69 bits per heavy atom. The van der Waals surface area contributed by atoms with Crippen molar-refractivity contribution in [3.63, 3.8) is 0 Å². The molecule has 2 aromatic heterocycles. The van der Waals surface area contributed by atoms with Crippen molar-refractivity contribution in [3.05, 3.63) is 72.6 Å². The van der Waals surface area contributed by atoms with E-state index in [-0.39, 0.29) is 46.8 Å². The number of nitrogens with one attached hydrogen (secondary N) is 1. The largest absolute Gasteiger partial charge is 0.481 e. The van der Waals surface area contributed by atoms with Gasteiger partial charge in [-0.05, 0) is 45.4 Å². The standard InChI is InChI=1S/C30H30F3N5O6S/c1-29(2,3)44-28(41)37-15-18(26(39)40)13-19(16-37)35-27-34-14-23(30(31,32)33)25(36-27)22-17-38(24-12-8-7-11-21(22)24)45(42,43)20-9-5-4-6-10-20/h4-12,14,17-19H,13,15-16H2,1-3H3,(H,39,40)(H,34,35,36)/t18-,19+/m0/s1. The first-order valence-corrected chi connectivity index (χ1v) is 15.3. The summed E-state index contributed by atoms with van der Waals surface area (Å²) in [6.07, 6.45) is -3.92. The van der Waals surface area contributed by atoms with E-state index in [0.717, 1.165) is 10.2 Å². The topological polar surface area (TPSA) is 144 Å². The van der Waals surface area contributed by atoms with Crippen LogP contribution in [0.3, 0.4) is 0 Å². The van der Waals surface area contributed by atoms with E-state index in [2.05, 4.69) is 15.3 Å². The average Bonchev–Trinajstić information content (AvgIpc) is 3.36. The maximum Gasteiger partial charge on any atom is 0.419 e. The molecule has 3 heterocycles. The Labute approximate surface area is 256 Å². The Balaban J connectivity index is 1.57. The molecule has 0 saturated carbocycles. The number of carboxylic acids is 1. The molecule has 0 unspecified atom stereocenters. The molecule has 0 spiro atoms. The van der Waals surface area contributed by atoms with Gasteiger partial charge < -0.3 is 20.1 Å². The number of nitrogens with zero attached hydrogens (tertiary/aromatic N) is 4. The molecule has 0 radical (unpaired) electrons. The van der Waals surface area contributed by atoms with Crippen molar-refractivity contribution >= 4 is 38.9 Å². The zero-order chi connectivity index (χ0) is 32.7. The number of aliphatic carboxylic acids is 1. The summed E-state index contributed by atoms with van der Waals surface area (Å²) in [5.41, 5.74) is -2.58. The second-order valence-electron chi connectivity index (χ2n) is 11.6. The Morgan fingerprint density at radius 3 is 2.33 bits per heavy atom. The van der Waals surface area contributed by atoms with Gasteiger partial charge in [-0.2, -0.15) is 13.2 Å². The quantitative estimate of drug-likeness (QED) is 0.279. The third-order valence-corrected chi connectivity index (χ3v) is 8.80. The van der Waals surface area contributed by atoms with E-state index in [0.29, 0.717) is 6.20 Å². The highest BCUT2D eigenvalue weighted by Gasteiger charge is 2.39. The number of rotatable bonds is 6. The van der Waals surface area contributed by atoms with Crippen LogP contribution in [0.15, 0.2) is 71.9 Å². The van der Waals surface area contributed by atoms with Gasteiger partial charge in [-0.3, -0.25) is 4.79 Å². The summed E-state index contributed by atoms with van der Waals surface area (Å²) < 4.78 is 76.3. The van der Waals surface area contributed by atoms with Gasteiger partial charge >= 0.3 is 18.2 Å². The fourth-order valence-electron chi connectivity index (χ4n) is 5.15. The summed E-state index contributed by atoms with van der Waals surface area (Å²) in [4.78, 5) is 33.9. The second-order valence-corrected chi connectivity index (χ2v) is 13.4. The normalized spacial score (nSPS) is 17.7. The lowest BCUT2D eigenvalue weighted by Gasteiger charge is -2.37. The molecule has 1 aliphatic rings. The molecule has 15 heteroatoms. The summed E-state index contributed by atoms with van der Waals surface area (Å²) in [5.74, 6) is -2.41. The van der Waals surface area contributed by atoms with Crippen molar-refractivity contribution in [1.82, 2.24) is 18.8 Å². The highest BCUT2D eigenvalue weighted by Crippen LogP contribution is 2.40. The number of halogens is 3. The number of carbonyl (C=O) groups is 2.